The molecule has 82 valence electrons. The fourth-order valence-electron chi connectivity index (χ4n) is 1.39. The van der Waals surface area contributed by atoms with Gasteiger partial charge >= 0.3 is 0 Å². The summed E-state index contributed by atoms with van der Waals surface area (Å²) in [4.78, 5) is 11.1. The molecular weight excluding hydrogens is 217 g/mol. The molecule has 1 amide bonds. The van der Waals surface area contributed by atoms with Crippen LogP contribution in [-0.4, -0.2) is 11.8 Å². The van der Waals surface area contributed by atoms with Crippen molar-refractivity contribution in [1.29, 1.82) is 0 Å². The quantitative estimate of drug-likeness (QED) is 0.791. The summed E-state index contributed by atoms with van der Waals surface area (Å²) in [5, 5.41) is 2.66. The van der Waals surface area contributed by atoms with Gasteiger partial charge in [-0.2, -0.15) is 0 Å². The van der Waals surface area contributed by atoms with Crippen molar-refractivity contribution < 1.29 is 9.18 Å². The molecule has 4 heteroatoms. The first kappa shape index (κ1) is 12.0. The van der Waals surface area contributed by atoms with Crippen LogP contribution in [0.15, 0.2) is 24.3 Å². The summed E-state index contributed by atoms with van der Waals surface area (Å²) < 4.78 is 13.4. The maximum atomic E-state index is 13.4. The Kier molecular flexibility index (Phi) is 4.56. The summed E-state index contributed by atoms with van der Waals surface area (Å²) in [7, 11) is 0. The Morgan fingerprint density at radius 1 is 1.53 bits per heavy atom. The molecule has 15 heavy (non-hydrogen) atoms. The van der Waals surface area contributed by atoms with Gasteiger partial charge in [-0.05, 0) is 12.5 Å². The third kappa shape index (κ3) is 3.20. The van der Waals surface area contributed by atoms with Crippen LogP contribution in [0, 0.1) is 5.82 Å². The van der Waals surface area contributed by atoms with Crippen LogP contribution in [0.1, 0.15) is 24.9 Å². The fraction of sp³-hybridized carbons (Fsp3) is 0.364. The minimum atomic E-state index is -0.308. The summed E-state index contributed by atoms with van der Waals surface area (Å²) >= 11 is 5.37. The van der Waals surface area contributed by atoms with Gasteiger partial charge in [-0.15, -0.1) is 11.6 Å². The molecule has 0 heterocycles. The number of carbonyl (C=O) groups is 1. The Hall–Kier alpha value is -1.09. The van der Waals surface area contributed by atoms with E-state index >= 15 is 0 Å². The Morgan fingerprint density at radius 3 is 2.73 bits per heavy atom. The molecule has 0 aromatic heterocycles. The van der Waals surface area contributed by atoms with Gasteiger partial charge in [0.1, 0.15) is 11.7 Å². The van der Waals surface area contributed by atoms with E-state index in [0.717, 1.165) is 0 Å². The van der Waals surface area contributed by atoms with Gasteiger partial charge in [-0.1, -0.05) is 25.1 Å². The maximum absolute atomic E-state index is 13.4. The molecule has 0 aliphatic carbocycles. The van der Waals surface area contributed by atoms with Gasteiger partial charge < -0.3 is 5.32 Å². The lowest BCUT2D eigenvalue weighted by Crippen LogP contribution is -2.29. The Labute approximate surface area is 93.4 Å². The van der Waals surface area contributed by atoms with Gasteiger partial charge in [-0.3, -0.25) is 4.79 Å². The largest absolute Gasteiger partial charge is 0.348 e. The van der Waals surface area contributed by atoms with E-state index in [1.165, 1.54) is 6.07 Å². The number of nitrogens with one attached hydrogen (secondary N) is 1. The minimum absolute atomic E-state index is 0.106. The van der Waals surface area contributed by atoms with Crippen molar-refractivity contribution in [2.45, 2.75) is 19.4 Å². The Bertz CT molecular complexity index is 343. The van der Waals surface area contributed by atoms with Gasteiger partial charge in [0.05, 0.1) is 6.04 Å². The van der Waals surface area contributed by atoms with Crippen LogP contribution in [-0.2, 0) is 4.79 Å². The lowest BCUT2D eigenvalue weighted by Gasteiger charge is -2.17. The molecule has 0 aliphatic heterocycles. The van der Waals surface area contributed by atoms with E-state index in [1.807, 2.05) is 6.92 Å². The number of hydrogen-bond acceptors (Lipinski definition) is 1. The fourth-order valence-corrected chi connectivity index (χ4v) is 1.47. The van der Waals surface area contributed by atoms with Crippen LogP contribution < -0.4 is 5.32 Å². The third-order valence-corrected chi connectivity index (χ3v) is 2.39. The topological polar surface area (TPSA) is 29.1 Å². The number of halogens is 2. The lowest BCUT2D eigenvalue weighted by atomic mass is 10.0. The molecular formula is C11H13ClFNO. The van der Waals surface area contributed by atoms with Crippen LogP contribution >= 0.6 is 11.6 Å². The number of amides is 1. The second-order valence-corrected chi connectivity index (χ2v) is 3.45. The van der Waals surface area contributed by atoms with Crippen LogP contribution in [0.4, 0.5) is 4.39 Å². The Morgan fingerprint density at radius 2 is 2.20 bits per heavy atom. The normalized spacial score (nSPS) is 12.2. The average Bonchev–Trinajstić information content (AvgIpc) is 2.26. The number of rotatable bonds is 4. The van der Waals surface area contributed by atoms with Crippen molar-refractivity contribution in [3.63, 3.8) is 0 Å². The smallest absolute Gasteiger partial charge is 0.235 e. The number of alkyl halides is 1. The molecule has 1 aromatic rings. The minimum Gasteiger partial charge on any atom is -0.348 e. The molecule has 0 unspecified atom stereocenters. The van der Waals surface area contributed by atoms with Gasteiger partial charge in [-0.25, -0.2) is 4.39 Å². The molecule has 1 rings (SSSR count). The third-order valence-electron chi connectivity index (χ3n) is 2.15. The monoisotopic (exact) mass is 229 g/mol. The molecule has 2 nitrogen and oxygen atoms in total. The standard InChI is InChI=1S/C11H13ClFNO/c1-2-10(14-11(15)7-12)8-5-3-4-6-9(8)13/h3-6,10H,2,7H2,1H3,(H,14,15)/t10-/m0/s1. The predicted octanol–water partition coefficient (Wildman–Crippen LogP) is 2.63. The van der Waals surface area contributed by atoms with Crippen LogP contribution in [0.3, 0.4) is 0 Å². The molecule has 1 N–H and O–H groups in total. The van der Waals surface area contributed by atoms with Crippen molar-refractivity contribution in [1.82, 2.24) is 5.32 Å². The van der Waals surface area contributed by atoms with E-state index in [9.17, 15) is 9.18 Å². The SMILES string of the molecule is CC[C@H](NC(=O)CCl)c1ccccc1F. The number of benzene rings is 1. The van der Waals surface area contributed by atoms with Gasteiger partial charge in [0, 0.05) is 5.56 Å². The first-order valence-corrected chi connectivity index (χ1v) is 5.32. The van der Waals surface area contributed by atoms with Gasteiger partial charge in [0.2, 0.25) is 5.91 Å². The van der Waals surface area contributed by atoms with Gasteiger partial charge in [0.25, 0.3) is 0 Å². The Balaban J connectivity index is 2.83. The molecule has 0 fully saturated rings. The summed E-state index contributed by atoms with van der Waals surface area (Å²) in [6.45, 7) is 1.88. The second kappa shape index (κ2) is 5.71. The highest BCUT2D eigenvalue weighted by atomic mass is 35.5. The first-order valence-electron chi connectivity index (χ1n) is 4.78. The van der Waals surface area contributed by atoms with Crippen molar-refractivity contribution in [2.24, 2.45) is 0 Å². The summed E-state index contributed by atoms with van der Waals surface area (Å²) in [6, 6.07) is 6.10. The van der Waals surface area contributed by atoms with E-state index < -0.39 is 0 Å². The zero-order valence-corrected chi connectivity index (χ0v) is 9.22. The average molecular weight is 230 g/mol. The highest BCUT2D eigenvalue weighted by Crippen LogP contribution is 2.19. The molecule has 0 bridgehead atoms. The van der Waals surface area contributed by atoms with Crippen LogP contribution in [0.2, 0.25) is 0 Å². The zero-order chi connectivity index (χ0) is 11.3. The summed E-state index contributed by atoms with van der Waals surface area (Å²) in [5.74, 6) is -0.698. The van der Waals surface area contributed by atoms with E-state index in [0.29, 0.717) is 12.0 Å². The molecule has 0 aliphatic rings. The highest BCUT2D eigenvalue weighted by molar-refractivity contribution is 6.27. The summed E-state index contributed by atoms with van der Waals surface area (Å²) in [5.41, 5.74) is 0.499. The van der Waals surface area contributed by atoms with E-state index in [-0.39, 0.29) is 23.6 Å². The molecule has 1 atom stereocenters. The van der Waals surface area contributed by atoms with Crippen molar-refractivity contribution in [2.75, 3.05) is 5.88 Å². The lowest BCUT2D eigenvalue weighted by molar-refractivity contribution is -0.119. The van der Waals surface area contributed by atoms with Crippen molar-refractivity contribution >= 4 is 17.5 Å². The zero-order valence-electron chi connectivity index (χ0n) is 8.47. The molecule has 0 saturated carbocycles. The number of carbonyl (C=O) groups excluding carboxylic acids is 1. The molecule has 0 saturated heterocycles. The van der Waals surface area contributed by atoms with Crippen LogP contribution in [0.25, 0.3) is 0 Å². The second-order valence-electron chi connectivity index (χ2n) is 3.18. The van der Waals surface area contributed by atoms with E-state index in [1.54, 1.807) is 18.2 Å². The van der Waals surface area contributed by atoms with E-state index in [2.05, 4.69) is 5.32 Å². The first-order chi connectivity index (χ1) is 7.19. The molecule has 0 radical (unpaired) electrons. The molecule has 0 spiro atoms. The van der Waals surface area contributed by atoms with Crippen LogP contribution in [0.5, 0.6) is 0 Å². The molecule has 1 aromatic carbocycles. The van der Waals surface area contributed by atoms with Gasteiger partial charge in [0.15, 0.2) is 0 Å². The van der Waals surface area contributed by atoms with Crippen molar-refractivity contribution in [3.05, 3.63) is 35.6 Å². The highest BCUT2D eigenvalue weighted by Gasteiger charge is 2.14. The number of hydrogen-bond donors (Lipinski definition) is 1. The van der Waals surface area contributed by atoms with Crippen molar-refractivity contribution in [3.8, 4) is 0 Å². The summed E-state index contributed by atoms with van der Waals surface area (Å²) in [6.07, 6.45) is 0.629. The predicted molar refractivity (Wildman–Crippen MR) is 58.3 cm³/mol. The van der Waals surface area contributed by atoms with E-state index in [4.69, 9.17) is 11.6 Å². The maximum Gasteiger partial charge on any atom is 0.235 e.